The van der Waals surface area contributed by atoms with Gasteiger partial charge in [0.25, 0.3) is 0 Å². The van der Waals surface area contributed by atoms with Gasteiger partial charge in [-0.05, 0) is 29.4 Å². The molecule has 3 rings (SSSR count). The first-order chi connectivity index (χ1) is 9.54. The van der Waals surface area contributed by atoms with E-state index in [1.807, 2.05) is 0 Å². The maximum Gasteiger partial charge on any atom is 0.0412 e. The van der Waals surface area contributed by atoms with Crippen LogP contribution < -0.4 is 10.2 Å². The number of anilines is 1. The van der Waals surface area contributed by atoms with Crippen molar-refractivity contribution in [2.24, 2.45) is 11.3 Å². The second-order valence-electron chi connectivity index (χ2n) is 7.61. The lowest BCUT2D eigenvalue weighted by Crippen LogP contribution is -2.46. The predicted molar refractivity (Wildman–Crippen MR) is 86.1 cm³/mol. The number of rotatable bonds is 3. The Hall–Kier alpha value is -1.02. The summed E-state index contributed by atoms with van der Waals surface area (Å²) < 4.78 is 0. The van der Waals surface area contributed by atoms with Crippen molar-refractivity contribution < 1.29 is 0 Å². The summed E-state index contributed by atoms with van der Waals surface area (Å²) in [4.78, 5) is 2.63. The van der Waals surface area contributed by atoms with Gasteiger partial charge in [-0.3, -0.25) is 0 Å². The average Bonchev–Trinajstić information content (AvgIpc) is 3.21. The Morgan fingerprint density at radius 3 is 2.65 bits per heavy atom. The second kappa shape index (κ2) is 5.40. The quantitative estimate of drug-likeness (QED) is 0.900. The van der Waals surface area contributed by atoms with E-state index in [-0.39, 0.29) is 0 Å². The van der Waals surface area contributed by atoms with Crippen molar-refractivity contribution in [1.82, 2.24) is 5.32 Å². The van der Waals surface area contributed by atoms with Crippen molar-refractivity contribution in [3.8, 4) is 0 Å². The molecule has 0 saturated heterocycles. The standard InChI is InChI=1S/C18H28N2/c1-18(2,3)17-13-20(11-10-14-8-9-14)16-7-5-4-6-15(16)12-19-17/h4-7,14,17,19H,8-13H2,1-3H3. The van der Waals surface area contributed by atoms with Gasteiger partial charge in [-0.25, -0.2) is 0 Å². The van der Waals surface area contributed by atoms with Crippen LogP contribution in [0, 0.1) is 11.3 Å². The lowest BCUT2D eigenvalue weighted by atomic mass is 9.86. The lowest BCUT2D eigenvalue weighted by molar-refractivity contribution is 0.271. The van der Waals surface area contributed by atoms with Crippen molar-refractivity contribution in [2.45, 2.75) is 52.6 Å². The number of hydrogen-bond donors (Lipinski definition) is 1. The molecule has 110 valence electrons. The Balaban J connectivity index is 1.80. The Morgan fingerprint density at radius 2 is 1.95 bits per heavy atom. The molecule has 2 aliphatic rings. The van der Waals surface area contributed by atoms with E-state index in [2.05, 4.69) is 55.3 Å². The van der Waals surface area contributed by atoms with Gasteiger partial charge in [0, 0.05) is 31.4 Å². The predicted octanol–water partition coefficient (Wildman–Crippen LogP) is 3.81. The Labute approximate surface area is 123 Å². The van der Waals surface area contributed by atoms with Crippen molar-refractivity contribution in [2.75, 3.05) is 18.0 Å². The SMILES string of the molecule is CC(C)(C)C1CN(CCC2CC2)c2ccccc2CN1. The Kier molecular flexibility index (Phi) is 3.76. The first-order valence-electron chi connectivity index (χ1n) is 8.10. The van der Waals surface area contributed by atoms with Crippen LogP contribution in [0.4, 0.5) is 5.69 Å². The molecule has 1 aliphatic carbocycles. The highest BCUT2D eigenvalue weighted by molar-refractivity contribution is 5.54. The number of hydrogen-bond acceptors (Lipinski definition) is 2. The summed E-state index contributed by atoms with van der Waals surface area (Å²) in [6.45, 7) is 10.4. The normalized spacial score (nSPS) is 23.4. The summed E-state index contributed by atoms with van der Waals surface area (Å²) in [5.41, 5.74) is 3.21. The molecule has 1 N–H and O–H groups in total. The van der Waals surface area contributed by atoms with Gasteiger partial charge >= 0.3 is 0 Å². The van der Waals surface area contributed by atoms with E-state index >= 15 is 0 Å². The third-order valence-corrected chi connectivity index (χ3v) is 4.82. The van der Waals surface area contributed by atoms with Crippen LogP contribution in [0.2, 0.25) is 0 Å². The fourth-order valence-corrected chi connectivity index (χ4v) is 3.12. The average molecular weight is 272 g/mol. The van der Waals surface area contributed by atoms with E-state index in [4.69, 9.17) is 0 Å². The number of nitrogens with one attached hydrogen (secondary N) is 1. The van der Waals surface area contributed by atoms with Gasteiger partial charge in [0.05, 0.1) is 0 Å². The zero-order valence-corrected chi connectivity index (χ0v) is 13.2. The van der Waals surface area contributed by atoms with Crippen molar-refractivity contribution in [3.05, 3.63) is 29.8 Å². The molecular formula is C18H28N2. The van der Waals surface area contributed by atoms with Crippen LogP contribution in [-0.2, 0) is 6.54 Å². The van der Waals surface area contributed by atoms with Crippen LogP contribution in [0.15, 0.2) is 24.3 Å². The van der Waals surface area contributed by atoms with Crippen molar-refractivity contribution >= 4 is 5.69 Å². The molecule has 1 aromatic carbocycles. The van der Waals surface area contributed by atoms with E-state index < -0.39 is 0 Å². The smallest absolute Gasteiger partial charge is 0.0412 e. The molecule has 1 heterocycles. The van der Waals surface area contributed by atoms with Gasteiger partial charge < -0.3 is 10.2 Å². The number of nitrogens with zero attached hydrogens (tertiary/aromatic N) is 1. The molecule has 1 unspecified atom stereocenters. The molecule has 2 nitrogen and oxygen atoms in total. The third kappa shape index (κ3) is 3.17. The Morgan fingerprint density at radius 1 is 1.20 bits per heavy atom. The topological polar surface area (TPSA) is 15.3 Å². The Bertz CT molecular complexity index is 457. The van der Waals surface area contributed by atoms with Gasteiger partial charge in [0.15, 0.2) is 0 Å². The maximum atomic E-state index is 3.77. The van der Waals surface area contributed by atoms with E-state index in [1.165, 1.54) is 37.1 Å². The molecule has 1 fully saturated rings. The molecular weight excluding hydrogens is 244 g/mol. The van der Waals surface area contributed by atoms with E-state index in [1.54, 1.807) is 0 Å². The van der Waals surface area contributed by atoms with E-state index in [0.29, 0.717) is 11.5 Å². The fraction of sp³-hybridized carbons (Fsp3) is 0.667. The molecule has 0 radical (unpaired) electrons. The molecule has 1 aromatic rings. The molecule has 0 aromatic heterocycles. The summed E-state index contributed by atoms with van der Waals surface area (Å²) in [7, 11) is 0. The van der Waals surface area contributed by atoms with E-state index in [9.17, 15) is 0 Å². The molecule has 0 amide bonds. The molecule has 1 aliphatic heterocycles. The largest absolute Gasteiger partial charge is 0.370 e. The molecule has 0 bridgehead atoms. The van der Waals surface area contributed by atoms with Gasteiger partial charge in [-0.1, -0.05) is 51.8 Å². The summed E-state index contributed by atoms with van der Waals surface area (Å²) in [5, 5.41) is 3.77. The minimum Gasteiger partial charge on any atom is -0.370 e. The van der Waals surface area contributed by atoms with Crippen molar-refractivity contribution in [1.29, 1.82) is 0 Å². The highest BCUT2D eigenvalue weighted by Gasteiger charge is 2.30. The highest BCUT2D eigenvalue weighted by atomic mass is 15.2. The van der Waals surface area contributed by atoms with E-state index in [0.717, 1.165) is 19.0 Å². The molecule has 0 spiro atoms. The van der Waals surface area contributed by atoms with Crippen LogP contribution in [0.25, 0.3) is 0 Å². The maximum absolute atomic E-state index is 3.77. The highest BCUT2D eigenvalue weighted by Crippen LogP contribution is 2.34. The van der Waals surface area contributed by atoms with Crippen LogP contribution in [0.5, 0.6) is 0 Å². The van der Waals surface area contributed by atoms with Crippen LogP contribution >= 0.6 is 0 Å². The molecule has 1 saturated carbocycles. The zero-order valence-electron chi connectivity index (χ0n) is 13.2. The molecule has 20 heavy (non-hydrogen) atoms. The summed E-state index contributed by atoms with van der Waals surface area (Å²) in [5.74, 6) is 1.01. The van der Waals surface area contributed by atoms with Crippen LogP contribution in [-0.4, -0.2) is 19.1 Å². The number of fused-ring (bicyclic) bond motifs is 1. The third-order valence-electron chi connectivity index (χ3n) is 4.82. The van der Waals surface area contributed by atoms with Crippen molar-refractivity contribution in [3.63, 3.8) is 0 Å². The van der Waals surface area contributed by atoms with Gasteiger partial charge in [-0.2, -0.15) is 0 Å². The summed E-state index contributed by atoms with van der Waals surface area (Å²) in [6, 6.07) is 9.47. The number of benzene rings is 1. The number of para-hydroxylation sites is 1. The van der Waals surface area contributed by atoms with Gasteiger partial charge in [-0.15, -0.1) is 0 Å². The molecule has 1 atom stereocenters. The fourth-order valence-electron chi connectivity index (χ4n) is 3.12. The van der Waals surface area contributed by atoms with Crippen LogP contribution in [0.3, 0.4) is 0 Å². The minimum atomic E-state index is 0.305. The lowest BCUT2D eigenvalue weighted by Gasteiger charge is -2.35. The molecule has 2 heteroatoms. The van der Waals surface area contributed by atoms with Gasteiger partial charge in [0.2, 0.25) is 0 Å². The minimum absolute atomic E-state index is 0.305. The summed E-state index contributed by atoms with van der Waals surface area (Å²) in [6.07, 6.45) is 4.28. The first-order valence-corrected chi connectivity index (χ1v) is 8.10. The van der Waals surface area contributed by atoms with Gasteiger partial charge in [0.1, 0.15) is 0 Å². The summed E-state index contributed by atoms with van der Waals surface area (Å²) >= 11 is 0. The second-order valence-corrected chi connectivity index (χ2v) is 7.61. The monoisotopic (exact) mass is 272 g/mol. The van der Waals surface area contributed by atoms with Crippen LogP contribution in [0.1, 0.15) is 45.6 Å². The zero-order chi connectivity index (χ0) is 14.2. The first kappa shape index (κ1) is 13.9.